The molecule has 1 heterocycles. The van der Waals surface area contributed by atoms with Gasteiger partial charge in [0.15, 0.2) is 0 Å². The Morgan fingerprint density at radius 2 is 1.82 bits per heavy atom. The molecule has 1 saturated carbocycles. The average Bonchev–Trinajstić information content (AvgIpc) is 2.39. The molecule has 1 aromatic rings. The van der Waals surface area contributed by atoms with Gasteiger partial charge in [0.1, 0.15) is 11.6 Å². The minimum absolute atomic E-state index is 0.0613. The van der Waals surface area contributed by atoms with E-state index < -0.39 is 10.0 Å². The van der Waals surface area contributed by atoms with Crippen molar-refractivity contribution in [2.45, 2.75) is 64.0 Å². The van der Waals surface area contributed by atoms with Crippen LogP contribution in [-0.4, -0.2) is 36.7 Å². The second kappa shape index (κ2) is 6.50. The molecule has 1 aliphatic rings. The van der Waals surface area contributed by atoms with Crippen LogP contribution in [0.5, 0.6) is 0 Å². The molecule has 2 atom stereocenters. The molecule has 124 valence electrons. The molecular weight excluding hydrogens is 300 g/mol. The van der Waals surface area contributed by atoms with Gasteiger partial charge < -0.3 is 5.32 Å². The lowest BCUT2D eigenvalue weighted by Crippen LogP contribution is -2.48. The van der Waals surface area contributed by atoms with Gasteiger partial charge in [-0.05, 0) is 18.9 Å². The molecule has 0 saturated heterocycles. The first kappa shape index (κ1) is 17.1. The number of aromatic nitrogens is 2. The zero-order chi connectivity index (χ0) is 16.4. The van der Waals surface area contributed by atoms with Crippen molar-refractivity contribution in [3.05, 3.63) is 18.1 Å². The minimum atomic E-state index is -3.20. The topological polar surface area (TPSA) is 84.0 Å². The molecule has 2 N–H and O–H groups in total. The van der Waals surface area contributed by atoms with E-state index in [1.165, 1.54) is 6.26 Å². The van der Waals surface area contributed by atoms with Gasteiger partial charge in [-0.25, -0.2) is 23.1 Å². The molecule has 0 bridgehead atoms. The molecule has 0 aromatic carbocycles. The summed E-state index contributed by atoms with van der Waals surface area (Å²) in [4.78, 5) is 8.89. The molecule has 0 spiro atoms. The number of nitrogens with zero attached hydrogens (tertiary/aromatic N) is 2. The van der Waals surface area contributed by atoms with Gasteiger partial charge in [0.2, 0.25) is 10.0 Å². The van der Waals surface area contributed by atoms with Gasteiger partial charge in [-0.2, -0.15) is 0 Å². The highest BCUT2D eigenvalue weighted by atomic mass is 32.2. The van der Waals surface area contributed by atoms with E-state index in [1.54, 1.807) is 6.20 Å². The second-order valence-electron chi connectivity index (χ2n) is 7.05. The first-order chi connectivity index (χ1) is 10.1. The molecule has 1 aromatic heterocycles. The summed E-state index contributed by atoms with van der Waals surface area (Å²) < 4.78 is 25.8. The van der Waals surface area contributed by atoms with Gasteiger partial charge in [-0.15, -0.1) is 0 Å². The van der Waals surface area contributed by atoms with E-state index in [9.17, 15) is 8.42 Å². The molecular formula is C15H26N4O2S. The van der Waals surface area contributed by atoms with Gasteiger partial charge in [0, 0.05) is 23.7 Å². The van der Waals surface area contributed by atoms with E-state index in [-0.39, 0.29) is 17.5 Å². The third-order valence-electron chi connectivity index (χ3n) is 3.79. The third-order valence-corrected chi connectivity index (χ3v) is 4.52. The van der Waals surface area contributed by atoms with E-state index in [0.717, 1.165) is 37.3 Å². The zero-order valence-corrected chi connectivity index (χ0v) is 14.6. The molecule has 0 radical (unpaired) electrons. The zero-order valence-electron chi connectivity index (χ0n) is 13.8. The number of hydrogen-bond acceptors (Lipinski definition) is 5. The van der Waals surface area contributed by atoms with Crippen molar-refractivity contribution in [3.63, 3.8) is 0 Å². The predicted molar refractivity (Wildman–Crippen MR) is 88.4 cm³/mol. The first-order valence-corrected chi connectivity index (χ1v) is 9.62. The Labute approximate surface area is 133 Å². The Morgan fingerprint density at radius 1 is 1.18 bits per heavy atom. The van der Waals surface area contributed by atoms with Crippen LogP contribution in [-0.2, 0) is 15.4 Å². The highest BCUT2D eigenvalue weighted by Crippen LogP contribution is 2.24. The van der Waals surface area contributed by atoms with Gasteiger partial charge >= 0.3 is 0 Å². The van der Waals surface area contributed by atoms with E-state index in [1.807, 2.05) is 6.07 Å². The van der Waals surface area contributed by atoms with Crippen molar-refractivity contribution in [2.75, 3.05) is 11.6 Å². The van der Waals surface area contributed by atoms with Crippen LogP contribution >= 0.6 is 0 Å². The molecule has 2 rings (SSSR count). The maximum Gasteiger partial charge on any atom is 0.209 e. The smallest absolute Gasteiger partial charge is 0.209 e. The summed E-state index contributed by atoms with van der Waals surface area (Å²) in [6, 6.07) is 1.81. The fraction of sp³-hybridized carbons (Fsp3) is 0.733. The predicted octanol–water partition coefficient (Wildman–Crippen LogP) is 2.05. The third kappa shape index (κ3) is 4.91. The maximum absolute atomic E-state index is 11.5. The molecule has 1 fully saturated rings. The fourth-order valence-corrected chi connectivity index (χ4v) is 3.54. The van der Waals surface area contributed by atoms with Crippen molar-refractivity contribution in [1.29, 1.82) is 0 Å². The largest absolute Gasteiger partial charge is 0.366 e. The van der Waals surface area contributed by atoms with Crippen molar-refractivity contribution in [1.82, 2.24) is 14.7 Å². The number of rotatable bonds is 4. The quantitative estimate of drug-likeness (QED) is 0.884. The maximum atomic E-state index is 11.5. The summed E-state index contributed by atoms with van der Waals surface area (Å²) in [7, 11) is -3.20. The van der Waals surface area contributed by atoms with E-state index in [4.69, 9.17) is 0 Å². The molecule has 0 amide bonds. The van der Waals surface area contributed by atoms with Crippen molar-refractivity contribution in [3.8, 4) is 0 Å². The van der Waals surface area contributed by atoms with Crippen molar-refractivity contribution >= 4 is 15.8 Å². The van der Waals surface area contributed by atoms with Crippen LogP contribution < -0.4 is 10.0 Å². The van der Waals surface area contributed by atoms with Crippen LogP contribution in [0.4, 0.5) is 5.82 Å². The number of anilines is 1. The Balaban J connectivity index is 2.13. The van der Waals surface area contributed by atoms with Crippen molar-refractivity contribution < 1.29 is 8.42 Å². The summed E-state index contributed by atoms with van der Waals surface area (Å²) in [5, 5.41) is 3.39. The van der Waals surface area contributed by atoms with Gasteiger partial charge in [-0.1, -0.05) is 33.6 Å². The summed E-state index contributed by atoms with van der Waals surface area (Å²) in [6.45, 7) is 6.21. The van der Waals surface area contributed by atoms with Gasteiger partial charge in [0.05, 0.1) is 6.26 Å². The summed E-state index contributed by atoms with van der Waals surface area (Å²) in [6.07, 6.45) is 6.88. The number of sulfonamides is 1. The lowest BCUT2D eigenvalue weighted by atomic mass is 9.91. The molecule has 0 aliphatic heterocycles. The van der Waals surface area contributed by atoms with E-state index in [0.29, 0.717) is 0 Å². The van der Waals surface area contributed by atoms with E-state index >= 15 is 0 Å². The Kier molecular flexibility index (Phi) is 5.07. The lowest BCUT2D eigenvalue weighted by Gasteiger charge is -2.32. The second-order valence-corrected chi connectivity index (χ2v) is 8.83. The van der Waals surface area contributed by atoms with Gasteiger partial charge in [-0.3, -0.25) is 0 Å². The number of hydrogen-bond donors (Lipinski definition) is 2. The highest BCUT2D eigenvalue weighted by Gasteiger charge is 2.28. The average molecular weight is 326 g/mol. The summed E-state index contributed by atoms with van der Waals surface area (Å²) >= 11 is 0. The first-order valence-electron chi connectivity index (χ1n) is 7.72. The van der Waals surface area contributed by atoms with Crippen molar-refractivity contribution in [2.24, 2.45) is 0 Å². The summed E-state index contributed by atoms with van der Waals surface area (Å²) in [5.74, 6) is 1.54. The Morgan fingerprint density at radius 3 is 2.41 bits per heavy atom. The van der Waals surface area contributed by atoms with Crippen LogP contribution in [0.15, 0.2) is 12.3 Å². The highest BCUT2D eigenvalue weighted by molar-refractivity contribution is 7.88. The Bertz CT molecular complexity index is 610. The fourth-order valence-electron chi connectivity index (χ4n) is 2.71. The van der Waals surface area contributed by atoms with E-state index in [2.05, 4.69) is 40.8 Å². The Hall–Kier alpha value is -1.21. The SMILES string of the molecule is CC(C)(C)c1nccc(N[C@@H]2CCCC[C@H]2NS(C)(=O)=O)n1. The molecule has 1 aliphatic carbocycles. The lowest BCUT2D eigenvalue weighted by molar-refractivity contribution is 0.378. The number of nitrogens with one attached hydrogen (secondary N) is 2. The standard InChI is InChI=1S/C15H26N4O2S/c1-15(2,3)14-16-10-9-13(18-14)17-11-7-5-6-8-12(11)19-22(4,20)21/h9-12,19H,5-8H2,1-4H3,(H,16,17,18)/t11-,12-/m1/s1. The van der Waals surface area contributed by atoms with Gasteiger partial charge in [0.25, 0.3) is 0 Å². The van der Waals surface area contributed by atoms with Crippen LogP contribution in [0.1, 0.15) is 52.3 Å². The van der Waals surface area contributed by atoms with Crippen LogP contribution in [0.3, 0.4) is 0 Å². The summed E-state index contributed by atoms with van der Waals surface area (Å²) in [5.41, 5.74) is -0.116. The van der Waals surface area contributed by atoms with Crippen LogP contribution in [0.25, 0.3) is 0 Å². The normalized spacial score (nSPS) is 23.3. The minimum Gasteiger partial charge on any atom is -0.366 e. The monoisotopic (exact) mass is 326 g/mol. The molecule has 6 nitrogen and oxygen atoms in total. The van der Waals surface area contributed by atoms with Crippen LogP contribution in [0, 0.1) is 0 Å². The molecule has 22 heavy (non-hydrogen) atoms. The van der Waals surface area contributed by atoms with Crippen LogP contribution in [0.2, 0.25) is 0 Å². The molecule has 0 unspecified atom stereocenters. The molecule has 7 heteroatoms.